The fourth-order valence-corrected chi connectivity index (χ4v) is 3.88. The van der Waals surface area contributed by atoms with E-state index >= 15 is 0 Å². The van der Waals surface area contributed by atoms with E-state index in [4.69, 9.17) is 4.98 Å². The first-order chi connectivity index (χ1) is 13.2. The van der Waals surface area contributed by atoms with Gasteiger partial charge in [0.1, 0.15) is 5.82 Å². The smallest absolute Gasteiger partial charge is 0.126 e. The maximum Gasteiger partial charge on any atom is 0.126 e. The van der Waals surface area contributed by atoms with Gasteiger partial charge in [0, 0.05) is 7.05 Å². The van der Waals surface area contributed by atoms with Crippen molar-refractivity contribution in [3.8, 4) is 0 Å². The number of hydrogen-bond donors (Lipinski definition) is 0. The van der Waals surface area contributed by atoms with Crippen molar-refractivity contribution in [2.24, 2.45) is 7.05 Å². The minimum absolute atomic E-state index is 0.160. The second kappa shape index (κ2) is 7.37. The van der Waals surface area contributed by atoms with Gasteiger partial charge in [0.25, 0.3) is 0 Å². The first-order valence-electron chi connectivity index (χ1n) is 9.40. The van der Waals surface area contributed by atoms with Crippen LogP contribution in [0.25, 0.3) is 11.0 Å². The highest BCUT2D eigenvalue weighted by Gasteiger charge is 2.26. The van der Waals surface area contributed by atoms with Crippen molar-refractivity contribution in [3.05, 3.63) is 102 Å². The van der Waals surface area contributed by atoms with Gasteiger partial charge in [-0.05, 0) is 37.2 Å². The molecule has 0 radical (unpaired) electrons. The maximum atomic E-state index is 4.92. The van der Waals surface area contributed by atoms with E-state index < -0.39 is 0 Å². The molecule has 0 saturated carbocycles. The molecule has 3 heteroatoms. The summed E-state index contributed by atoms with van der Waals surface area (Å²) in [5.41, 5.74) is 4.79. The highest BCUT2D eigenvalue weighted by molar-refractivity contribution is 5.75. The lowest BCUT2D eigenvalue weighted by atomic mass is 9.96. The Hall–Kier alpha value is -2.91. The molecule has 27 heavy (non-hydrogen) atoms. The summed E-state index contributed by atoms with van der Waals surface area (Å²) in [5, 5.41) is 0. The third-order valence-electron chi connectivity index (χ3n) is 5.44. The van der Waals surface area contributed by atoms with Crippen LogP contribution in [0.2, 0.25) is 0 Å². The van der Waals surface area contributed by atoms with Gasteiger partial charge < -0.3 is 4.57 Å². The van der Waals surface area contributed by atoms with Crippen molar-refractivity contribution in [2.75, 3.05) is 7.05 Å². The summed E-state index contributed by atoms with van der Waals surface area (Å²) < 4.78 is 2.21. The van der Waals surface area contributed by atoms with E-state index in [9.17, 15) is 0 Å². The van der Waals surface area contributed by atoms with Crippen LogP contribution in [0.4, 0.5) is 0 Å². The number of benzene rings is 3. The molecule has 0 saturated heterocycles. The van der Waals surface area contributed by atoms with Gasteiger partial charge in [-0.25, -0.2) is 4.98 Å². The van der Waals surface area contributed by atoms with Crippen LogP contribution in [0.1, 0.15) is 36.0 Å². The number of rotatable bonds is 5. The van der Waals surface area contributed by atoms with Crippen LogP contribution in [0.15, 0.2) is 84.9 Å². The predicted octanol–water partition coefficient (Wildman–Crippen LogP) is 5.36. The Morgan fingerprint density at radius 3 is 1.85 bits per heavy atom. The summed E-state index contributed by atoms with van der Waals surface area (Å²) in [5.74, 6) is 1.08. The lowest BCUT2D eigenvalue weighted by molar-refractivity contribution is 0.203. The maximum absolute atomic E-state index is 4.92. The molecule has 0 aliphatic carbocycles. The summed E-state index contributed by atoms with van der Waals surface area (Å²) >= 11 is 0. The van der Waals surface area contributed by atoms with Crippen molar-refractivity contribution in [1.82, 2.24) is 14.5 Å². The van der Waals surface area contributed by atoms with E-state index in [2.05, 4.69) is 109 Å². The van der Waals surface area contributed by atoms with Crippen molar-refractivity contribution in [3.63, 3.8) is 0 Å². The van der Waals surface area contributed by atoms with Crippen LogP contribution in [-0.4, -0.2) is 21.5 Å². The Morgan fingerprint density at radius 1 is 0.778 bits per heavy atom. The summed E-state index contributed by atoms with van der Waals surface area (Å²) in [6.07, 6.45) is 0. The second-order valence-electron chi connectivity index (χ2n) is 7.08. The highest BCUT2D eigenvalue weighted by Crippen LogP contribution is 2.34. The fourth-order valence-electron chi connectivity index (χ4n) is 3.88. The molecule has 0 amide bonds. The molecular weight excluding hydrogens is 330 g/mol. The van der Waals surface area contributed by atoms with Crippen molar-refractivity contribution in [2.45, 2.75) is 19.0 Å². The molecule has 4 rings (SSSR count). The van der Waals surface area contributed by atoms with E-state index in [-0.39, 0.29) is 12.1 Å². The molecule has 136 valence electrons. The minimum Gasteiger partial charge on any atom is -0.330 e. The molecule has 0 spiro atoms. The third kappa shape index (κ3) is 3.26. The van der Waals surface area contributed by atoms with E-state index in [0.29, 0.717) is 0 Å². The SMILES string of the molecule is C[C@@H](c1nc2ccccc2n1C)N(C)C(c1ccccc1)c1ccccc1. The van der Waals surface area contributed by atoms with Crippen LogP contribution in [0.3, 0.4) is 0 Å². The Balaban J connectivity index is 1.76. The molecule has 1 aromatic heterocycles. The molecule has 0 bridgehead atoms. The van der Waals surface area contributed by atoms with Gasteiger partial charge in [0.15, 0.2) is 0 Å². The Bertz CT molecular complexity index is 982. The molecule has 0 aliphatic heterocycles. The number of hydrogen-bond acceptors (Lipinski definition) is 2. The van der Waals surface area contributed by atoms with Crippen LogP contribution in [0, 0.1) is 0 Å². The average Bonchev–Trinajstić information content (AvgIpc) is 3.06. The standard InChI is InChI=1S/C24H25N3/c1-18(24-25-21-16-10-11-17-22(21)27(24)3)26(2)23(19-12-6-4-7-13-19)20-14-8-5-9-15-20/h4-18,23H,1-3H3/t18-/m0/s1. The van der Waals surface area contributed by atoms with Crippen LogP contribution in [0.5, 0.6) is 0 Å². The van der Waals surface area contributed by atoms with Crippen LogP contribution >= 0.6 is 0 Å². The van der Waals surface area contributed by atoms with Gasteiger partial charge >= 0.3 is 0 Å². The number of nitrogens with zero attached hydrogens (tertiary/aromatic N) is 3. The summed E-state index contributed by atoms with van der Waals surface area (Å²) in [6, 6.07) is 30.0. The average molecular weight is 355 g/mol. The van der Waals surface area contributed by atoms with E-state index in [1.165, 1.54) is 16.6 Å². The Kier molecular flexibility index (Phi) is 4.78. The largest absolute Gasteiger partial charge is 0.330 e. The first-order valence-corrected chi connectivity index (χ1v) is 9.40. The number of aromatic nitrogens is 2. The number of fused-ring (bicyclic) bond motifs is 1. The van der Waals surface area contributed by atoms with Gasteiger partial charge in [-0.15, -0.1) is 0 Å². The van der Waals surface area contributed by atoms with Gasteiger partial charge in [-0.1, -0.05) is 72.8 Å². The zero-order valence-electron chi connectivity index (χ0n) is 16.1. The molecule has 1 heterocycles. The molecule has 4 aromatic rings. The predicted molar refractivity (Wildman–Crippen MR) is 112 cm³/mol. The highest BCUT2D eigenvalue weighted by atomic mass is 15.2. The normalized spacial score (nSPS) is 12.8. The number of imidazole rings is 1. The molecule has 0 aliphatic rings. The molecule has 3 nitrogen and oxygen atoms in total. The molecule has 0 N–H and O–H groups in total. The van der Waals surface area contributed by atoms with Crippen molar-refractivity contribution < 1.29 is 0 Å². The molecule has 0 fully saturated rings. The lowest BCUT2D eigenvalue weighted by Crippen LogP contribution is -2.30. The Morgan fingerprint density at radius 2 is 1.30 bits per heavy atom. The van der Waals surface area contributed by atoms with Gasteiger partial charge in [-0.3, -0.25) is 4.90 Å². The summed E-state index contributed by atoms with van der Waals surface area (Å²) in [4.78, 5) is 7.33. The van der Waals surface area contributed by atoms with E-state index in [1.807, 2.05) is 6.07 Å². The van der Waals surface area contributed by atoms with Gasteiger partial charge in [0.05, 0.1) is 23.1 Å². The van der Waals surface area contributed by atoms with Gasteiger partial charge in [0.2, 0.25) is 0 Å². The van der Waals surface area contributed by atoms with Gasteiger partial charge in [-0.2, -0.15) is 0 Å². The minimum atomic E-state index is 0.160. The lowest BCUT2D eigenvalue weighted by Gasteiger charge is -2.33. The second-order valence-corrected chi connectivity index (χ2v) is 7.08. The van der Waals surface area contributed by atoms with Crippen LogP contribution in [-0.2, 0) is 7.05 Å². The molecular formula is C24H25N3. The van der Waals surface area contributed by atoms with E-state index in [0.717, 1.165) is 11.3 Å². The topological polar surface area (TPSA) is 21.1 Å². The van der Waals surface area contributed by atoms with Crippen molar-refractivity contribution in [1.29, 1.82) is 0 Å². The van der Waals surface area contributed by atoms with E-state index in [1.54, 1.807) is 0 Å². The zero-order chi connectivity index (χ0) is 18.8. The molecule has 0 unspecified atom stereocenters. The fraction of sp³-hybridized carbons (Fsp3) is 0.208. The summed E-state index contributed by atoms with van der Waals surface area (Å²) in [7, 11) is 4.30. The third-order valence-corrected chi connectivity index (χ3v) is 5.44. The number of aryl methyl sites for hydroxylation is 1. The summed E-state index contributed by atoms with van der Waals surface area (Å²) in [6.45, 7) is 2.24. The van der Waals surface area contributed by atoms with Crippen molar-refractivity contribution >= 4 is 11.0 Å². The molecule has 3 aromatic carbocycles. The quantitative estimate of drug-likeness (QED) is 0.481. The zero-order valence-corrected chi connectivity index (χ0v) is 16.1. The van der Waals surface area contributed by atoms with Crippen LogP contribution < -0.4 is 0 Å². The molecule has 1 atom stereocenters. The Labute approximate surface area is 160 Å². The first kappa shape index (κ1) is 17.5. The monoisotopic (exact) mass is 355 g/mol. The number of para-hydroxylation sites is 2.